The van der Waals surface area contributed by atoms with Crippen molar-refractivity contribution in [2.75, 3.05) is 13.6 Å². The van der Waals surface area contributed by atoms with Gasteiger partial charge < -0.3 is 20.0 Å². The third kappa shape index (κ3) is 2.88. The molecule has 1 unspecified atom stereocenters. The van der Waals surface area contributed by atoms with Crippen LogP contribution in [0.2, 0.25) is 0 Å². The zero-order valence-electron chi connectivity index (χ0n) is 13.6. The van der Waals surface area contributed by atoms with E-state index in [4.69, 9.17) is 4.42 Å². The van der Waals surface area contributed by atoms with Gasteiger partial charge in [0.15, 0.2) is 0 Å². The van der Waals surface area contributed by atoms with Crippen molar-refractivity contribution in [3.05, 3.63) is 35.6 Å². The van der Waals surface area contributed by atoms with Crippen molar-refractivity contribution >= 4 is 22.9 Å². The molecule has 0 spiro atoms. The number of nitrogens with one attached hydrogen (secondary N) is 2. The minimum atomic E-state index is -0.441. The van der Waals surface area contributed by atoms with Gasteiger partial charge in [-0.05, 0) is 26.3 Å². The Morgan fingerprint density at radius 1 is 1.39 bits per heavy atom. The molecule has 122 valence electrons. The van der Waals surface area contributed by atoms with E-state index >= 15 is 0 Å². The summed E-state index contributed by atoms with van der Waals surface area (Å²) >= 11 is 0. The molecule has 2 heterocycles. The third-order valence-corrected chi connectivity index (χ3v) is 4.35. The van der Waals surface area contributed by atoms with Crippen LogP contribution in [0, 0.1) is 6.92 Å². The number of para-hydroxylation sites is 1. The standard InChI is InChI=1S/C17H21N3O3/c1-10-12-6-4-5-7-14(12)23-15(10)11(2)18-17(22)19-13-8-9-20(3)16(13)21/h4-7,11,13H,8-9H2,1-3H3,(H2,18,19,22)/t11-,13?/m1/s1. The van der Waals surface area contributed by atoms with Crippen LogP contribution in [0.25, 0.3) is 11.0 Å². The summed E-state index contributed by atoms with van der Waals surface area (Å²) < 4.78 is 5.85. The van der Waals surface area contributed by atoms with E-state index in [-0.39, 0.29) is 18.0 Å². The van der Waals surface area contributed by atoms with E-state index in [0.29, 0.717) is 13.0 Å². The van der Waals surface area contributed by atoms with E-state index in [0.717, 1.165) is 22.3 Å². The molecule has 0 bridgehead atoms. The fourth-order valence-electron chi connectivity index (χ4n) is 3.02. The highest BCUT2D eigenvalue weighted by Gasteiger charge is 2.30. The third-order valence-electron chi connectivity index (χ3n) is 4.35. The molecule has 2 aromatic rings. The second-order valence-corrected chi connectivity index (χ2v) is 6.03. The molecule has 0 saturated carbocycles. The Labute approximate surface area is 134 Å². The summed E-state index contributed by atoms with van der Waals surface area (Å²) in [6, 6.07) is 6.71. The van der Waals surface area contributed by atoms with Gasteiger partial charge in [-0.3, -0.25) is 4.79 Å². The number of likely N-dealkylation sites (tertiary alicyclic amines) is 1. The molecule has 6 nitrogen and oxygen atoms in total. The minimum absolute atomic E-state index is 0.0484. The van der Waals surface area contributed by atoms with Gasteiger partial charge in [0.05, 0.1) is 6.04 Å². The fourth-order valence-corrected chi connectivity index (χ4v) is 3.02. The predicted molar refractivity (Wildman–Crippen MR) is 87.1 cm³/mol. The van der Waals surface area contributed by atoms with Crippen molar-refractivity contribution < 1.29 is 14.0 Å². The number of rotatable bonds is 3. The summed E-state index contributed by atoms with van der Waals surface area (Å²) in [7, 11) is 1.74. The summed E-state index contributed by atoms with van der Waals surface area (Å²) in [6.07, 6.45) is 0.640. The van der Waals surface area contributed by atoms with Gasteiger partial charge in [0.1, 0.15) is 17.4 Å². The summed E-state index contributed by atoms with van der Waals surface area (Å²) in [6.45, 7) is 4.52. The molecule has 0 radical (unpaired) electrons. The van der Waals surface area contributed by atoms with Crippen LogP contribution in [0.3, 0.4) is 0 Å². The molecule has 6 heteroatoms. The summed E-state index contributed by atoms with van der Waals surface area (Å²) in [4.78, 5) is 25.6. The van der Waals surface area contributed by atoms with E-state index in [1.807, 2.05) is 38.1 Å². The number of carbonyl (C=O) groups is 2. The lowest BCUT2D eigenvalue weighted by Gasteiger charge is -2.16. The first-order valence-electron chi connectivity index (χ1n) is 7.77. The average Bonchev–Trinajstić information content (AvgIpc) is 3.02. The number of aryl methyl sites for hydroxylation is 1. The Kier molecular flexibility index (Phi) is 3.98. The number of benzene rings is 1. The monoisotopic (exact) mass is 315 g/mol. The van der Waals surface area contributed by atoms with Crippen LogP contribution in [-0.4, -0.2) is 36.5 Å². The van der Waals surface area contributed by atoms with Crippen LogP contribution in [-0.2, 0) is 4.79 Å². The van der Waals surface area contributed by atoms with Gasteiger partial charge in [-0.2, -0.15) is 0 Å². The largest absolute Gasteiger partial charge is 0.459 e. The maximum Gasteiger partial charge on any atom is 0.316 e. The quantitative estimate of drug-likeness (QED) is 0.913. The number of furan rings is 1. The maximum atomic E-state index is 12.1. The van der Waals surface area contributed by atoms with Gasteiger partial charge in [-0.1, -0.05) is 18.2 Å². The lowest BCUT2D eigenvalue weighted by atomic mass is 10.1. The molecule has 1 aromatic carbocycles. The van der Waals surface area contributed by atoms with E-state index in [9.17, 15) is 9.59 Å². The number of hydrogen-bond donors (Lipinski definition) is 2. The number of carbonyl (C=O) groups excluding carboxylic acids is 2. The molecule has 23 heavy (non-hydrogen) atoms. The zero-order chi connectivity index (χ0) is 16.6. The minimum Gasteiger partial charge on any atom is -0.459 e. The molecule has 2 N–H and O–H groups in total. The normalized spacial score (nSPS) is 19.2. The molecule has 1 aromatic heterocycles. The second kappa shape index (κ2) is 5.95. The number of hydrogen-bond acceptors (Lipinski definition) is 3. The van der Waals surface area contributed by atoms with Gasteiger partial charge in [0.25, 0.3) is 0 Å². The lowest BCUT2D eigenvalue weighted by molar-refractivity contribution is -0.128. The SMILES string of the molecule is Cc1c([C@@H](C)NC(=O)NC2CCN(C)C2=O)oc2ccccc12. The number of likely N-dealkylation sites (N-methyl/N-ethyl adjacent to an activating group) is 1. The number of urea groups is 1. The Hall–Kier alpha value is -2.50. The number of amides is 3. The summed E-state index contributed by atoms with van der Waals surface area (Å²) in [5.41, 5.74) is 1.83. The fraction of sp³-hybridized carbons (Fsp3) is 0.412. The van der Waals surface area contributed by atoms with Gasteiger partial charge >= 0.3 is 6.03 Å². The van der Waals surface area contributed by atoms with Crippen LogP contribution in [0.5, 0.6) is 0 Å². The highest BCUT2D eigenvalue weighted by Crippen LogP contribution is 2.29. The number of nitrogens with zero attached hydrogens (tertiary/aromatic N) is 1. The smallest absolute Gasteiger partial charge is 0.316 e. The van der Waals surface area contributed by atoms with Gasteiger partial charge in [0.2, 0.25) is 5.91 Å². The molecule has 0 aliphatic carbocycles. The first-order chi connectivity index (χ1) is 11.0. The second-order valence-electron chi connectivity index (χ2n) is 6.03. The van der Waals surface area contributed by atoms with Crippen molar-refractivity contribution in [1.29, 1.82) is 0 Å². The predicted octanol–water partition coefficient (Wildman–Crippen LogP) is 2.33. The zero-order valence-corrected chi connectivity index (χ0v) is 13.6. The molecular weight excluding hydrogens is 294 g/mol. The molecule has 1 saturated heterocycles. The highest BCUT2D eigenvalue weighted by molar-refractivity contribution is 5.88. The van der Waals surface area contributed by atoms with E-state index in [2.05, 4.69) is 10.6 Å². The van der Waals surface area contributed by atoms with E-state index in [1.165, 1.54) is 0 Å². The Morgan fingerprint density at radius 3 is 2.78 bits per heavy atom. The molecule has 2 atom stereocenters. The summed E-state index contributed by atoms with van der Waals surface area (Å²) in [5, 5.41) is 6.62. The van der Waals surface area contributed by atoms with Crippen molar-refractivity contribution in [3.8, 4) is 0 Å². The van der Waals surface area contributed by atoms with Crippen molar-refractivity contribution in [2.24, 2.45) is 0 Å². The average molecular weight is 315 g/mol. The van der Waals surface area contributed by atoms with Crippen molar-refractivity contribution in [3.63, 3.8) is 0 Å². The molecular formula is C17H21N3O3. The van der Waals surface area contributed by atoms with Crippen LogP contribution < -0.4 is 10.6 Å². The van der Waals surface area contributed by atoms with E-state index < -0.39 is 6.04 Å². The molecule has 3 amide bonds. The first-order valence-corrected chi connectivity index (χ1v) is 7.77. The van der Waals surface area contributed by atoms with Crippen LogP contribution in [0.4, 0.5) is 4.79 Å². The molecule has 1 aliphatic heterocycles. The first kappa shape index (κ1) is 15.4. The van der Waals surface area contributed by atoms with Crippen molar-refractivity contribution in [1.82, 2.24) is 15.5 Å². The molecule has 3 rings (SSSR count). The topological polar surface area (TPSA) is 74.6 Å². The Bertz CT molecular complexity index is 753. The Balaban J connectivity index is 1.68. The van der Waals surface area contributed by atoms with Crippen LogP contribution >= 0.6 is 0 Å². The lowest BCUT2D eigenvalue weighted by Crippen LogP contribution is -2.46. The highest BCUT2D eigenvalue weighted by atomic mass is 16.3. The van der Waals surface area contributed by atoms with Crippen molar-refractivity contribution in [2.45, 2.75) is 32.4 Å². The summed E-state index contributed by atoms with van der Waals surface area (Å²) in [5.74, 6) is 0.684. The maximum absolute atomic E-state index is 12.1. The Morgan fingerprint density at radius 2 is 2.13 bits per heavy atom. The van der Waals surface area contributed by atoms with Gasteiger partial charge in [-0.15, -0.1) is 0 Å². The van der Waals surface area contributed by atoms with Gasteiger partial charge in [-0.25, -0.2) is 4.79 Å². The van der Waals surface area contributed by atoms with Crippen LogP contribution in [0.15, 0.2) is 28.7 Å². The molecule has 1 fully saturated rings. The van der Waals surface area contributed by atoms with Gasteiger partial charge in [0, 0.05) is 24.5 Å². The van der Waals surface area contributed by atoms with Crippen LogP contribution in [0.1, 0.15) is 30.7 Å². The number of fused-ring (bicyclic) bond motifs is 1. The molecule has 1 aliphatic rings. The van der Waals surface area contributed by atoms with E-state index in [1.54, 1.807) is 11.9 Å².